The number of furan rings is 1. The van der Waals surface area contributed by atoms with Crippen LogP contribution in [-0.4, -0.2) is 22.7 Å². The van der Waals surface area contributed by atoms with Crippen molar-refractivity contribution in [3.05, 3.63) is 53.7 Å². The molecule has 0 bridgehead atoms. The summed E-state index contributed by atoms with van der Waals surface area (Å²) >= 11 is 1.47. The molecule has 23 heavy (non-hydrogen) atoms. The number of hydrogen-bond acceptors (Lipinski definition) is 4. The van der Waals surface area contributed by atoms with Crippen molar-refractivity contribution in [1.29, 1.82) is 0 Å². The molecule has 0 fully saturated rings. The zero-order valence-electron chi connectivity index (χ0n) is 12.4. The lowest BCUT2D eigenvalue weighted by molar-refractivity contribution is -0.124. The van der Waals surface area contributed by atoms with Crippen molar-refractivity contribution in [1.82, 2.24) is 5.32 Å². The van der Waals surface area contributed by atoms with Gasteiger partial charge in [-0.1, -0.05) is 6.92 Å². The second-order valence-electron chi connectivity index (χ2n) is 4.95. The third-order valence-electron chi connectivity index (χ3n) is 3.07. The maximum atomic E-state index is 12.8. The molecule has 0 aliphatic rings. The summed E-state index contributed by atoms with van der Waals surface area (Å²) in [5, 5.41) is 11.4. The molecule has 1 heterocycles. The lowest BCUT2D eigenvalue weighted by Gasteiger charge is -2.11. The fraction of sp³-hybridized carbons (Fsp3) is 0.250. The van der Waals surface area contributed by atoms with Gasteiger partial charge in [-0.3, -0.25) is 4.79 Å². The SMILES string of the molecule is CC(CSc1ccc(F)cc1)C(=O)NCc1ccc(C(=O)O)o1. The molecule has 1 atom stereocenters. The van der Waals surface area contributed by atoms with Crippen LogP contribution in [0.15, 0.2) is 45.7 Å². The summed E-state index contributed by atoms with van der Waals surface area (Å²) in [6.45, 7) is 1.92. The molecule has 1 amide bonds. The summed E-state index contributed by atoms with van der Waals surface area (Å²) in [4.78, 5) is 23.6. The Morgan fingerprint density at radius 2 is 1.96 bits per heavy atom. The molecule has 5 nitrogen and oxygen atoms in total. The van der Waals surface area contributed by atoms with Crippen LogP contribution < -0.4 is 5.32 Å². The Kier molecular flexibility index (Phi) is 5.81. The minimum atomic E-state index is -1.15. The van der Waals surface area contributed by atoms with Gasteiger partial charge in [-0.25, -0.2) is 9.18 Å². The predicted molar refractivity (Wildman–Crippen MR) is 83.8 cm³/mol. The van der Waals surface area contributed by atoms with Crippen LogP contribution in [0.2, 0.25) is 0 Å². The molecule has 0 aliphatic carbocycles. The molecule has 0 saturated carbocycles. The molecule has 1 unspecified atom stereocenters. The topological polar surface area (TPSA) is 79.5 Å². The molecule has 0 spiro atoms. The Morgan fingerprint density at radius 3 is 2.57 bits per heavy atom. The summed E-state index contributed by atoms with van der Waals surface area (Å²) in [5.74, 6) is -1.07. The van der Waals surface area contributed by atoms with Crippen molar-refractivity contribution in [3.63, 3.8) is 0 Å². The Bertz CT molecular complexity index is 684. The zero-order valence-corrected chi connectivity index (χ0v) is 13.2. The van der Waals surface area contributed by atoms with Crippen LogP contribution in [-0.2, 0) is 11.3 Å². The fourth-order valence-corrected chi connectivity index (χ4v) is 2.69. The van der Waals surface area contributed by atoms with Gasteiger partial charge in [-0.05, 0) is 36.4 Å². The van der Waals surface area contributed by atoms with Gasteiger partial charge < -0.3 is 14.8 Å². The van der Waals surface area contributed by atoms with E-state index in [9.17, 15) is 14.0 Å². The normalized spacial score (nSPS) is 11.9. The quantitative estimate of drug-likeness (QED) is 0.759. The van der Waals surface area contributed by atoms with Crippen molar-refractivity contribution >= 4 is 23.6 Å². The largest absolute Gasteiger partial charge is 0.475 e. The van der Waals surface area contributed by atoms with Crippen LogP contribution in [0.5, 0.6) is 0 Å². The smallest absolute Gasteiger partial charge is 0.371 e. The average Bonchev–Trinajstić information content (AvgIpc) is 3.01. The first-order chi connectivity index (χ1) is 11.0. The molecule has 0 saturated heterocycles. The zero-order chi connectivity index (χ0) is 16.8. The van der Waals surface area contributed by atoms with E-state index in [0.717, 1.165) is 4.90 Å². The third-order valence-corrected chi connectivity index (χ3v) is 4.34. The lowest BCUT2D eigenvalue weighted by Crippen LogP contribution is -2.29. The molecule has 0 aliphatic heterocycles. The van der Waals surface area contributed by atoms with E-state index in [4.69, 9.17) is 9.52 Å². The lowest BCUT2D eigenvalue weighted by atomic mass is 10.2. The average molecular weight is 337 g/mol. The van der Waals surface area contributed by atoms with Crippen LogP contribution in [0.25, 0.3) is 0 Å². The van der Waals surface area contributed by atoms with E-state index in [-0.39, 0.29) is 29.9 Å². The maximum Gasteiger partial charge on any atom is 0.371 e. The number of hydrogen-bond donors (Lipinski definition) is 2. The minimum absolute atomic E-state index is 0.137. The van der Waals surface area contributed by atoms with Crippen molar-refractivity contribution < 1.29 is 23.5 Å². The van der Waals surface area contributed by atoms with Crippen LogP contribution in [0.3, 0.4) is 0 Å². The first kappa shape index (κ1) is 17.1. The molecule has 2 rings (SSSR count). The summed E-state index contributed by atoms with van der Waals surface area (Å²) in [5.41, 5.74) is 0. The highest BCUT2D eigenvalue weighted by Gasteiger charge is 2.14. The number of thioether (sulfide) groups is 1. The molecule has 1 aromatic heterocycles. The molecule has 2 aromatic rings. The summed E-state index contributed by atoms with van der Waals surface area (Å²) in [7, 11) is 0. The van der Waals surface area contributed by atoms with Crippen LogP contribution >= 0.6 is 11.8 Å². The van der Waals surface area contributed by atoms with Gasteiger partial charge in [0.25, 0.3) is 0 Å². The Hall–Kier alpha value is -2.28. The van der Waals surface area contributed by atoms with Crippen molar-refractivity contribution in [3.8, 4) is 0 Å². The second-order valence-corrected chi connectivity index (χ2v) is 6.05. The molecule has 0 radical (unpaired) electrons. The van der Waals surface area contributed by atoms with Crippen molar-refractivity contribution in [2.75, 3.05) is 5.75 Å². The van der Waals surface area contributed by atoms with Crippen LogP contribution in [0, 0.1) is 11.7 Å². The first-order valence-corrected chi connectivity index (χ1v) is 7.92. The predicted octanol–water partition coefficient (Wildman–Crippen LogP) is 3.16. The highest BCUT2D eigenvalue weighted by Crippen LogP contribution is 2.21. The van der Waals surface area contributed by atoms with Crippen LogP contribution in [0.4, 0.5) is 4.39 Å². The van der Waals surface area contributed by atoms with E-state index in [1.807, 2.05) is 0 Å². The van der Waals surface area contributed by atoms with Crippen LogP contribution in [0.1, 0.15) is 23.2 Å². The molecule has 1 aromatic carbocycles. The standard InChI is InChI=1S/C16H16FNO4S/c1-10(9-23-13-5-2-11(17)3-6-13)15(19)18-8-12-4-7-14(22-12)16(20)21/h2-7,10H,8-9H2,1H3,(H,18,19)(H,20,21). The van der Waals surface area contributed by atoms with Gasteiger partial charge in [0, 0.05) is 16.6 Å². The maximum absolute atomic E-state index is 12.8. The number of carbonyl (C=O) groups excluding carboxylic acids is 1. The number of carboxylic acids is 1. The third kappa shape index (κ3) is 5.14. The van der Waals surface area contributed by atoms with Gasteiger partial charge in [0.2, 0.25) is 11.7 Å². The van der Waals surface area contributed by atoms with E-state index in [1.165, 1.54) is 36.0 Å². The molecular weight excluding hydrogens is 321 g/mol. The Morgan fingerprint density at radius 1 is 1.26 bits per heavy atom. The number of carboxylic acid groups (broad SMARTS) is 1. The number of amides is 1. The number of rotatable bonds is 7. The van der Waals surface area contributed by atoms with Gasteiger partial charge >= 0.3 is 5.97 Å². The van der Waals surface area contributed by atoms with Gasteiger partial charge in [-0.15, -0.1) is 11.8 Å². The van der Waals surface area contributed by atoms with Gasteiger partial charge in [0.05, 0.1) is 6.54 Å². The monoisotopic (exact) mass is 337 g/mol. The Balaban J connectivity index is 1.77. The molecule has 2 N–H and O–H groups in total. The minimum Gasteiger partial charge on any atom is -0.475 e. The molecular formula is C16H16FNO4S. The van der Waals surface area contributed by atoms with E-state index in [1.54, 1.807) is 19.1 Å². The fourth-order valence-electron chi connectivity index (χ4n) is 1.76. The van der Waals surface area contributed by atoms with E-state index < -0.39 is 5.97 Å². The number of benzene rings is 1. The first-order valence-electron chi connectivity index (χ1n) is 6.94. The molecule has 122 valence electrons. The van der Waals surface area contributed by atoms with Crippen molar-refractivity contribution in [2.45, 2.75) is 18.4 Å². The second kappa shape index (κ2) is 7.82. The van der Waals surface area contributed by atoms with Gasteiger partial charge in [0.1, 0.15) is 11.6 Å². The summed E-state index contributed by atoms with van der Waals surface area (Å²) < 4.78 is 17.9. The highest BCUT2D eigenvalue weighted by atomic mass is 32.2. The van der Waals surface area contributed by atoms with E-state index in [2.05, 4.69) is 5.32 Å². The highest BCUT2D eigenvalue weighted by molar-refractivity contribution is 7.99. The van der Waals surface area contributed by atoms with E-state index in [0.29, 0.717) is 11.5 Å². The van der Waals surface area contributed by atoms with E-state index >= 15 is 0 Å². The van der Waals surface area contributed by atoms with Crippen molar-refractivity contribution in [2.24, 2.45) is 5.92 Å². The van der Waals surface area contributed by atoms with Gasteiger partial charge in [-0.2, -0.15) is 0 Å². The summed E-state index contributed by atoms with van der Waals surface area (Å²) in [6, 6.07) is 8.95. The Labute approximate surface area is 136 Å². The number of halogens is 1. The molecule has 7 heteroatoms. The number of aromatic carboxylic acids is 1. The number of carbonyl (C=O) groups is 2. The summed E-state index contributed by atoms with van der Waals surface area (Å²) in [6.07, 6.45) is 0. The van der Waals surface area contributed by atoms with Gasteiger partial charge in [0.15, 0.2) is 0 Å². The number of nitrogens with one attached hydrogen (secondary N) is 1.